The van der Waals surface area contributed by atoms with E-state index in [2.05, 4.69) is 17.1 Å². The van der Waals surface area contributed by atoms with Gasteiger partial charge in [-0.2, -0.15) is 0 Å². The first-order chi connectivity index (χ1) is 18.8. The van der Waals surface area contributed by atoms with Crippen LogP contribution >= 0.6 is 0 Å². The highest BCUT2D eigenvalue weighted by Gasteiger charge is 2.28. The number of carbonyl (C=O) groups excluding carboxylic acids is 1. The lowest BCUT2D eigenvalue weighted by Crippen LogP contribution is -2.49. The van der Waals surface area contributed by atoms with Gasteiger partial charge in [0.15, 0.2) is 0 Å². The number of benzene rings is 3. The van der Waals surface area contributed by atoms with Crippen LogP contribution in [0.2, 0.25) is 0 Å². The Morgan fingerprint density at radius 3 is 2.23 bits per heavy atom. The van der Waals surface area contributed by atoms with Crippen LogP contribution in [-0.2, 0) is 6.54 Å². The molecule has 3 aromatic rings. The molecule has 3 aromatic carbocycles. The van der Waals surface area contributed by atoms with Crippen LogP contribution < -0.4 is 10.1 Å². The Bertz CT molecular complexity index is 1260. The molecule has 1 fully saturated rings. The van der Waals surface area contributed by atoms with Gasteiger partial charge in [-0.25, -0.2) is 18.4 Å². The van der Waals surface area contributed by atoms with E-state index in [0.29, 0.717) is 18.0 Å². The first-order valence-electron chi connectivity index (χ1n) is 13.2. The van der Waals surface area contributed by atoms with Crippen molar-refractivity contribution in [2.24, 2.45) is 0 Å². The number of anilines is 1. The van der Waals surface area contributed by atoms with Crippen molar-refractivity contribution in [2.75, 3.05) is 25.0 Å². The first-order valence-corrected chi connectivity index (χ1v) is 13.2. The van der Waals surface area contributed by atoms with Gasteiger partial charge in [0.25, 0.3) is 0 Å². The fourth-order valence-corrected chi connectivity index (χ4v) is 4.67. The number of hydrogen-bond acceptors (Lipinski definition) is 4. The predicted octanol–water partition coefficient (Wildman–Crippen LogP) is 6.75. The summed E-state index contributed by atoms with van der Waals surface area (Å²) in [6, 6.07) is 16.9. The van der Waals surface area contributed by atoms with E-state index in [9.17, 15) is 18.4 Å². The molecule has 206 valence electrons. The highest BCUT2D eigenvalue weighted by molar-refractivity contribution is 5.89. The van der Waals surface area contributed by atoms with E-state index in [-0.39, 0.29) is 23.3 Å². The lowest BCUT2D eigenvalue weighted by Gasteiger charge is -2.38. The summed E-state index contributed by atoms with van der Waals surface area (Å²) in [6.45, 7) is 5.04. The van der Waals surface area contributed by atoms with Gasteiger partial charge in [0.05, 0.1) is 11.3 Å². The van der Waals surface area contributed by atoms with Crippen LogP contribution in [0.5, 0.6) is 11.5 Å². The number of carbonyl (C=O) groups is 2. The second-order valence-electron chi connectivity index (χ2n) is 9.68. The number of likely N-dealkylation sites (tertiary alicyclic amines) is 1. The normalized spacial score (nSPS) is 14.1. The Labute approximate surface area is 227 Å². The number of nitrogens with one attached hydrogen (secondary N) is 1. The highest BCUT2D eigenvalue weighted by atomic mass is 19.1. The van der Waals surface area contributed by atoms with E-state index in [0.717, 1.165) is 63.0 Å². The van der Waals surface area contributed by atoms with E-state index in [4.69, 9.17) is 9.84 Å². The molecule has 1 aliphatic rings. The maximum Gasteiger partial charge on any atom is 0.335 e. The number of ether oxygens (including phenoxy) is 1. The molecule has 7 nitrogen and oxygen atoms in total. The van der Waals surface area contributed by atoms with Gasteiger partial charge in [-0.05, 0) is 73.4 Å². The maximum atomic E-state index is 14.1. The third kappa shape index (κ3) is 7.77. The number of piperidine rings is 1. The Morgan fingerprint density at radius 2 is 1.64 bits per heavy atom. The summed E-state index contributed by atoms with van der Waals surface area (Å²) in [7, 11) is 0. The minimum atomic E-state index is -0.979. The van der Waals surface area contributed by atoms with Crippen molar-refractivity contribution in [1.29, 1.82) is 0 Å². The topological polar surface area (TPSA) is 82.1 Å². The molecule has 1 heterocycles. The molecule has 9 heteroatoms. The van der Waals surface area contributed by atoms with Crippen LogP contribution in [0.3, 0.4) is 0 Å². The van der Waals surface area contributed by atoms with Gasteiger partial charge in [0, 0.05) is 38.3 Å². The third-order valence-corrected chi connectivity index (χ3v) is 6.85. The number of amides is 2. The van der Waals surface area contributed by atoms with Gasteiger partial charge in [-0.1, -0.05) is 25.5 Å². The number of urea groups is 1. The number of nitrogens with zero attached hydrogens (tertiary/aromatic N) is 2. The summed E-state index contributed by atoms with van der Waals surface area (Å²) in [5.74, 6) is -1.23. The number of aromatic carboxylic acids is 1. The van der Waals surface area contributed by atoms with Crippen molar-refractivity contribution in [3.05, 3.63) is 89.5 Å². The highest BCUT2D eigenvalue weighted by Crippen LogP contribution is 2.25. The molecule has 39 heavy (non-hydrogen) atoms. The van der Waals surface area contributed by atoms with Crippen molar-refractivity contribution in [1.82, 2.24) is 9.80 Å². The van der Waals surface area contributed by atoms with Crippen molar-refractivity contribution in [2.45, 2.75) is 45.2 Å². The lowest BCUT2D eigenvalue weighted by atomic mass is 10.0. The molecule has 0 spiro atoms. The molecule has 0 unspecified atom stereocenters. The smallest absolute Gasteiger partial charge is 0.335 e. The molecular weight excluding hydrogens is 504 g/mol. The van der Waals surface area contributed by atoms with Crippen LogP contribution in [-0.4, -0.2) is 52.6 Å². The number of unbranched alkanes of at least 4 members (excludes halogenated alkanes) is 1. The van der Waals surface area contributed by atoms with Crippen molar-refractivity contribution in [3.8, 4) is 11.5 Å². The second kappa shape index (κ2) is 13.2. The average Bonchev–Trinajstić information content (AvgIpc) is 2.93. The fraction of sp³-hybridized carbons (Fsp3) is 0.333. The van der Waals surface area contributed by atoms with Crippen LogP contribution in [0.4, 0.5) is 19.3 Å². The SMILES string of the molecule is CCCCN(C(=O)Nc1ccc(F)cc1F)C1CCN(Cc2ccc(Oc3ccc(C(=O)O)cc3)cc2)CC1. The van der Waals surface area contributed by atoms with Crippen LogP contribution in [0.15, 0.2) is 66.7 Å². The zero-order chi connectivity index (χ0) is 27.8. The van der Waals surface area contributed by atoms with E-state index >= 15 is 0 Å². The van der Waals surface area contributed by atoms with Crippen LogP contribution in [0.1, 0.15) is 48.5 Å². The van der Waals surface area contributed by atoms with Gasteiger partial charge in [0.1, 0.15) is 23.1 Å². The lowest BCUT2D eigenvalue weighted by molar-refractivity contribution is 0.0696. The van der Waals surface area contributed by atoms with Gasteiger partial charge < -0.3 is 20.1 Å². The summed E-state index contributed by atoms with van der Waals surface area (Å²) in [6.07, 6.45) is 3.38. The molecule has 0 aromatic heterocycles. The zero-order valence-corrected chi connectivity index (χ0v) is 21.9. The summed E-state index contributed by atoms with van der Waals surface area (Å²) >= 11 is 0. The Balaban J connectivity index is 1.29. The molecule has 0 atom stereocenters. The van der Waals surface area contributed by atoms with Crippen molar-refractivity contribution < 1.29 is 28.2 Å². The Morgan fingerprint density at radius 1 is 1.00 bits per heavy atom. The van der Waals surface area contributed by atoms with E-state index in [1.165, 1.54) is 18.2 Å². The summed E-state index contributed by atoms with van der Waals surface area (Å²) in [4.78, 5) is 28.2. The molecule has 0 radical (unpaired) electrons. The number of carboxylic acids is 1. The number of carboxylic acid groups (broad SMARTS) is 1. The Hall–Kier alpha value is -3.98. The summed E-state index contributed by atoms with van der Waals surface area (Å²) in [5.41, 5.74) is 1.32. The second-order valence-corrected chi connectivity index (χ2v) is 9.68. The molecule has 0 aliphatic carbocycles. The predicted molar refractivity (Wildman–Crippen MR) is 145 cm³/mol. The van der Waals surface area contributed by atoms with E-state index < -0.39 is 17.6 Å². The van der Waals surface area contributed by atoms with Gasteiger partial charge >= 0.3 is 12.0 Å². The number of rotatable bonds is 10. The molecule has 1 saturated heterocycles. The maximum absolute atomic E-state index is 14.1. The first kappa shape index (κ1) is 28.0. The molecule has 1 aliphatic heterocycles. The summed E-state index contributed by atoms with van der Waals surface area (Å²) < 4.78 is 33.2. The standard InChI is InChI=1S/C30H33F2N3O4/c1-2-3-16-35(30(38)33-28-13-8-23(31)19-27(28)32)24-14-17-34(18-15-24)20-21-4-9-25(10-5-21)39-26-11-6-22(7-12-26)29(36)37/h4-13,19,24H,2-3,14-18,20H2,1H3,(H,33,38)(H,36,37). The fourth-order valence-electron chi connectivity index (χ4n) is 4.67. The van der Waals surface area contributed by atoms with E-state index in [1.807, 2.05) is 24.3 Å². The average molecular weight is 538 g/mol. The minimum Gasteiger partial charge on any atom is -0.478 e. The van der Waals surface area contributed by atoms with E-state index in [1.54, 1.807) is 17.0 Å². The number of halogens is 2. The quantitative estimate of drug-likeness (QED) is 0.299. The van der Waals surface area contributed by atoms with Gasteiger partial charge in [0.2, 0.25) is 0 Å². The van der Waals surface area contributed by atoms with Crippen LogP contribution in [0.25, 0.3) is 0 Å². The third-order valence-electron chi connectivity index (χ3n) is 6.85. The molecule has 4 rings (SSSR count). The molecule has 0 saturated carbocycles. The zero-order valence-electron chi connectivity index (χ0n) is 21.9. The molecule has 2 N–H and O–H groups in total. The van der Waals surface area contributed by atoms with Crippen LogP contribution in [0, 0.1) is 11.6 Å². The largest absolute Gasteiger partial charge is 0.478 e. The Kier molecular flexibility index (Phi) is 9.49. The van der Waals surface area contributed by atoms with Gasteiger partial charge in [-0.3, -0.25) is 4.90 Å². The number of hydrogen-bond donors (Lipinski definition) is 2. The molecular formula is C30H33F2N3O4. The molecule has 0 bridgehead atoms. The minimum absolute atomic E-state index is 0.0231. The summed E-state index contributed by atoms with van der Waals surface area (Å²) in [5, 5.41) is 11.6. The molecule has 2 amide bonds. The van der Waals surface area contributed by atoms with Crippen molar-refractivity contribution in [3.63, 3.8) is 0 Å². The monoisotopic (exact) mass is 537 g/mol. The van der Waals surface area contributed by atoms with Crippen molar-refractivity contribution >= 4 is 17.7 Å². The van der Waals surface area contributed by atoms with Gasteiger partial charge in [-0.15, -0.1) is 0 Å².